The average molecular weight is 319 g/mol. The van der Waals surface area contributed by atoms with Gasteiger partial charge in [0.05, 0.1) is 5.52 Å². The molecule has 118 valence electrons. The molecular formula is C18H14FN5. The summed E-state index contributed by atoms with van der Waals surface area (Å²) in [6.07, 6.45) is 3.69. The molecule has 2 aromatic heterocycles. The molecule has 24 heavy (non-hydrogen) atoms. The molecule has 6 heteroatoms. The van der Waals surface area contributed by atoms with Crippen LogP contribution in [0.3, 0.4) is 0 Å². The zero-order valence-electron chi connectivity index (χ0n) is 12.9. The number of para-hydroxylation sites is 1. The Morgan fingerprint density at radius 3 is 2.96 bits per heavy atom. The van der Waals surface area contributed by atoms with Gasteiger partial charge >= 0.3 is 0 Å². The number of fused-ring (bicyclic) bond motifs is 4. The molecule has 0 saturated heterocycles. The highest BCUT2D eigenvalue weighted by atomic mass is 19.1. The van der Waals surface area contributed by atoms with Gasteiger partial charge in [-0.3, -0.25) is 4.40 Å². The molecule has 5 nitrogen and oxygen atoms in total. The van der Waals surface area contributed by atoms with Gasteiger partial charge in [0.15, 0.2) is 0 Å². The summed E-state index contributed by atoms with van der Waals surface area (Å²) < 4.78 is 15.7. The van der Waals surface area contributed by atoms with Crippen molar-refractivity contribution < 1.29 is 4.39 Å². The van der Waals surface area contributed by atoms with Gasteiger partial charge in [-0.05, 0) is 42.7 Å². The standard InChI is InChI=1S/C18H14FN5/c19-13-7-8-16-14(10-13)17(21-18-22-20-11-24(16)18)23-9-3-5-12-4-1-2-6-15(12)23/h1-2,4,6-8,10-11H,3,5,9H2. The van der Waals surface area contributed by atoms with Crippen LogP contribution in [-0.4, -0.2) is 26.1 Å². The minimum absolute atomic E-state index is 0.275. The van der Waals surface area contributed by atoms with E-state index in [0.717, 1.165) is 41.8 Å². The number of hydrogen-bond acceptors (Lipinski definition) is 4. The monoisotopic (exact) mass is 319 g/mol. The van der Waals surface area contributed by atoms with Gasteiger partial charge in [-0.15, -0.1) is 10.2 Å². The maximum atomic E-state index is 13.9. The molecule has 3 heterocycles. The van der Waals surface area contributed by atoms with E-state index in [1.54, 1.807) is 16.8 Å². The normalized spacial score (nSPS) is 14.3. The number of rotatable bonds is 1. The molecule has 0 bridgehead atoms. The number of nitrogens with zero attached hydrogens (tertiary/aromatic N) is 5. The van der Waals surface area contributed by atoms with Crippen LogP contribution in [0, 0.1) is 5.82 Å². The SMILES string of the molecule is Fc1ccc2c(c1)c(N1CCCc3ccccc31)nc1nncn12. The first-order chi connectivity index (χ1) is 11.8. The molecule has 1 aliphatic heterocycles. The van der Waals surface area contributed by atoms with E-state index in [-0.39, 0.29) is 5.82 Å². The Bertz CT molecular complexity index is 1070. The van der Waals surface area contributed by atoms with Crippen LogP contribution < -0.4 is 4.90 Å². The van der Waals surface area contributed by atoms with Gasteiger partial charge < -0.3 is 4.90 Å². The van der Waals surface area contributed by atoms with E-state index in [4.69, 9.17) is 0 Å². The van der Waals surface area contributed by atoms with E-state index in [2.05, 4.69) is 38.3 Å². The molecule has 0 spiro atoms. The van der Waals surface area contributed by atoms with Crippen LogP contribution in [0.15, 0.2) is 48.8 Å². The van der Waals surface area contributed by atoms with Crippen LogP contribution in [0.4, 0.5) is 15.9 Å². The first-order valence-electron chi connectivity index (χ1n) is 7.96. The molecule has 0 amide bonds. The summed E-state index contributed by atoms with van der Waals surface area (Å²) in [5.41, 5.74) is 3.27. The first-order valence-corrected chi connectivity index (χ1v) is 7.96. The second-order valence-electron chi connectivity index (χ2n) is 5.98. The smallest absolute Gasteiger partial charge is 0.257 e. The fourth-order valence-electron chi connectivity index (χ4n) is 3.49. The lowest BCUT2D eigenvalue weighted by atomic mass is 10.0. The predicted octanol–water partition coefficient (Wildman–Crippen LogP) is 3.50. The number of hydrogen-bond donors (Lipinski definition) is 0. The summed E-state index contributed by atoms with van der Waals surface area (Å²) in [6.45, 7) is 0.847. The Hall–Kier alpha value is -3.02. The Morgan fingerprint density at radius 1 is 1.08 bits per heavy atom. The van der Waals surface area contributed by atoms with Crippen LogP contribution in [-0.2, 0) is 6.42 Å². The molecule has 0 aliphatic carbocycles. The highest BCUT2D eigenvalue weighted by molar-refractivity contribution is 5.94. The molecule has 2 aromatic carbocycles. The number of benzene rings is 2. The molecule has 0 radical (unpaired) electrons. The lowest BCUT2D eigenvalue weighted by Crippen LogP contribution is -2.25. The van der Waals surface area contributed by atoms with Crippen molar-refractivity contribution in [3.63, 3.8) is 0 Å². The first kappa shape index (κ1) is 13.4. The maximum absolute atomic E-state index is 13.9. The molecule has 0 unspecified atom stereocenters. The molecular weight excluding hydrogens is 305 g/mol. The quantitative estimate of drug-likeness (QED) is 0.539. The van der Waals surface area contributed by atoms with E-state index >= 15 is 0 Å². The second-order valence-corrected chi connectivity index (χ2v) is 5.98. The van der Waals surface area contributed by atoms with E-state index in [0.29, 0.717) is 5.78 Å². The van der Waals surface area contributed by atoms with E-state index in [1.165, 1.54) is 17.7 Å². The average Bonchev–Trinajstić information content (AvgIpc) is 3.09. The van der Waals surface area contributed by atoms with Crippen molar-refractivity contribution >= 4 is 28.2 Å². The second kappa shape index (κ2) is 4.99. The van der Waals surface area contributed by atoms with Crippen LogP contribution in [0.2, 0.25) is 0 Å². The van der Waals surface area contributed by atoms with E-state index in [1.807, 2.05) is 6.07 Å². The van der Waals surface area contributed by atoms with Crippen molar-refractivity contribution in [2.24, 2.45) is 0 Å². The van der Waals surface area contributed by atoms with Gasteiger partial charge in [0.25, 0.3) is 5.78 Å². The summed E-state index contributed by atoms with van der Waals surface area (Å²) in [4.78, 5) is 6.84. The molecule has 4 aromatic rings. The minimum atomic E-state index is -0.275. The summed E-state index contributed by atoms with van der Waals surface area (Å²) >= 11 is 0. The fourth-order valence-corrected chi connectivity index (χ4v) is 3.49. The maximum Gasteiger partial charge on any atom is 0.257 e. The van der Waals surface area contributed by atoms with Crippen molar-refractivity contribution in [1.82, 2.24) is 19.6 Å². The van der Waals surface area contributed by atoms with Crippen molar-refractivity contribution in [3.05, 3.63) is 60.2 Å². The Balaban J connectivity index is 1.84. The van der Waals surface area contributed by atoms with Crippen molar-refractivity contribution in [3.8, 4) is 0 Å². The molecule has 1 aliphatic rings. The molecule has 5 rings (SSSR count). The predicted molar refractivity (Wildman–Crippen MR) is 90.0 cm³/mol. The molecule has 0 N–H and O–H groups in total. The topological polar surface area (TPSA) is 46.3 Å². The van der Waals surface area contributed by atoms with Gasteiger partial charge in [-0.25, -0.2) is 4.39 Å². The summed E-state index contributed by atoms with van der Waals surface area (Å²) in [5.74, 6) is 0.979. The van der Waals surface area contributed by atoms with Crippen LogP contribution >= 0.6 is 0 Å². The summed E-state index contributed by atoms with van der Waals surface area (Å²) in [6, 6.07) is 13.0. The Morgan fingerprint density at radius 2 is 2.00 bits per heavy atom. The van der Waals surface area contributed by atoms with Crippen LogP contribution in [0.1, 0.15) is 12.0 Å². The van der Waals surface area contributed by atoms with E-state index < -0.39 is 0 Å². The Labute approximate surface area is 137 Å². The third-order valence-corrected chi connectivity index (χ3v) is 4.56. The number of aryl methyl sites for hydroxylation is 1. The fraction of sp³-hybridized carbons (Fsp3) is 0.167. The lowest BCUT2D eigenvalue weighted by molar-refractivity contribution is 0.629. The third kappa shape index (κ3) is 1.89. The highest BCUT2D eigenvalue weighted by Gasteiger charge is 2.22. The van der Waals surface area contributed by atoms with Gasteiger partial charge in [-0.1, -0.05) is 18.2 Å². The zero-order valence-corrected chi connectivity index (χ0v) is 12.9. The largest absolute Gasteiger partial charge is 0.325 e. The van der Waals surface area contributed by atoms with Crippen LogP contribution in [0.5, 0.6) is 0 Å². The number of halogens is 1. The molecule has 0 saturated carbocycles. The van der Waals surface area contributed by atoms with Gasteiger partial charge in [0, 0.05) is 17.6 Å². The molecule has 0 atom stereocenters. The number of anilines is 2. The summed E-state index contributed by atoms with van der Waals surface area (Å²) in [7, 11) is 0. The van der Waals surface area contributed by atoms with Crippen molar-refractivity contribution in [1.29, 1.82) is 0 Å². The minimum Gasteiger partial charge on any atom is -0.325 e. The van der Waals surface area contributed by atoms with Crippen molar-refractivity contribution in [2.45, 2.75) is 12.8 Å². The van der Waals surface area contributed by atoms with Gasteiger partial charge in [0.2, 0.25) is 0 Å². The zero-order chi connectivity index (χ0) is 16.1. The third-order valence-electron chi connectivity index (χ3n) is 4.56. The molecule has 0 fully saturated rings. The van der Waals surface area contributed by atoms with Crippen molar-refractivity contribution in [2.75, 3.05) is 11.4 Å². The lowest BCUT2D eigenvalue weighted by Gasteiger charge is -2.31. The summed E-state index contributed by atoms with van der Waals surface area (Å²) in [5, 5.41) is 8.79. The van der Waals surface area contributed by atoms with Gasteiger partial charge in [0.1, 0.15) is 18.0 Å². The van der Waals surface area contributed by atoms with Crippen LogP contribution in [0.25, 0.3) is 16.7 Å². The van der Waals surface area contributed by atoms with Gasteiger partial charge in [-0.2, -0.15) is 4.98 Å². The van der Waals surface area contributed by atoms with E-state index in [9.17, 15) is 4.39 Å². The Kier molecular flexibility index (Phi) is 2.79. The highest BCUT2D eigenvalue weighted by Crippen LogP contribution is 2.36. The number of aromatic nitrogens is 4.